The summed E-state index contributed by atoms with van der Waals surface area (Å²) in [6, 6.07) is 134. The highest BCUT2D eigenvalue weighted by atomic mass is 32.1. The van der Waals surface area contributed by atoms with Crippen LogP contribution in [0.4, 0.5) is 34.1 Å². The highest BCUT2D eigenvalue weighted by Crippen LogP contribution is 2.56. The molecular formula is C100H60N2O2S2. The van der Waals surface area contributed by atoms with E-state index in [0.717, 1.165) is 133 Å². The van der Waals surface area contributed by atoms with Gasteiger partial charge in [-0.2, -0.15) is 0 Å². The molecule has 4 nitrogen and oxygen atoms in total. The molecule has 0 amide bonds. The molecule has 0 N–H and O–H groups in total. The second kappa shape index (κ2) is 24.1. The molecule has 0 aliphatic heterocycles. The van der Waals surface area contributed by atoms with Gasteiger partial charge in [0, 0.05) is 84.4 Å². The lowest BCUT2D eigenvalue weighted by Gasteiger charge is -2.31. The Labute approximate surface area is 618 Å². The maximum atomic E-state index is 6.77. The third-order valence-electron chi connectivity index (χ3n) is 21.8. The molecule has 106 heavy (non-hydrogen) atoms. The number of fused-ring (bicyclic) bond motifs is 18. The highest BCUT2D eigenvalue weighted by molar-refractivity contribution is 7.26. The maximum absolute atomic E-state index is 6.77. The second-order valence-electron chi connectivity index (χ2n) is 27.6. The summed E-state index contributed by atoms with van der Waals surface area (Å²) >= 11 is 3.74. The summed E-state index contributed by atoms with van der Waals surface area (Å²) in [7, 11) is 0. The van der Waals surface area contributed by atoms with Gasteiger partial charge in [-0.05, 0) is 162 Å². The molecule has 0 fully saturated rings. The van der Waals surface area contributed by atoms with Crippen molar-refractivity contribution < 1.29 is 8.83 Å². The molecule has 4 aromatic heterocycles. The number of furan rings is 2. The van der Waals surface area contributed by atoms with E-state index >= 15 is 0 Å². The summed E-state index contributed by atoms with van der Waals surface area (Å²) in [6.45, 7) is 0. The lowest BCUT2D eigenvalue weighted by molar-refractivity contribution is 0.668. The average molecular weight is 1390 g/mol. The van der Waals surface area contributed by atoms with Gasteiger partial charge in [0.25, 0.3) is 0 Å². The molecule has 0 atom stereocenters. The van der Waals surface area contributed by atoms with Gasteiger partial charge in [-0.25, -0.2) is 0 Å². The molecule has 4 heterocycles. The molecule has 0 saturated carbocycles. The quantitative estimate of drug-likeness (QED) is 0.121. The van der Waals surface area contributed by atoms with Crippen LogP contribution in [0, 0.1) is 0 Å². The van der Waals surface area contributed by atoms with Gasteiger partial charge in [-0.1, -0.05) is 279 Å². The summed E-state index contributed by atoms with van der Waals surface area (Å²) in [5.74, 6) is 0. The van der Waals surface area contributed by atoms with Crippen molar-refractivity contribution in [3.63, 3.8) is 0 Å². The number of hydrogen-bond acceptors (Lipinski definition) is 6. The van der Waals surface area contributed by atoms with E-state index in [1.165, 1.54) is 84.0 Å². The Kier molecular flexibility index (Phi) is 13.7. The fourth-order valence-electron chi connectivity index (χ4n) is 17.2. The van der Waals surface area contributed by atoms with Crippen LogP contribution in [0.5, 0.6) is 0 Å². The predicted molar refractivity (Wildman–Crippen MR) is 453 cm³/mol. The Morgan fingerprint density at radius 2 is 0.604 bits per heavy atom. The van der Waals surface area contributed by atoms with Crippen molar-refractivity contribution in [3.05, 3.63) is 364 Å². The lowest BCUT2D eigenvalue weighted by atomic mass is 9.88. The number of para-hydroxylation sites is 2. The summed E-state index contributed by atoms with van der Waals surface area (Å²) in [5, 5.41) is 18.8. The molecule has 0 spiro atoms. The Morgan fingerprint density at radius 3 is 1.21 bits per heavy atom. The molecule has 0 radical (unpaired) electrons. The van der Waals surface area contributed by atoms with E-state index in [-0.39, 0.29) is 0 Å². The minimum Gasteiger partial charge on any atom is -0.456 e. The smallest absolute Gasteiger partial charge is 0.137 e. The van der Waals surface area contributed by atoms with Gasteiger partial charge in [0.2, 0.25) is 0 Å². The van der Waals surface area contributed by atoms with Gasteiger partial charge >= 0.3 is 0 Å². The van der Waals surface area contributed by atoms with E-state index in [1.807, 2.05) is 22.7 Å². The van der Waals surface area contributed by atoms with Gasteiger partial charge < -0.3 is 18.6 Å². The fourth-order valence-corrected chi connectivity index (χ4v) is 19.6. The van der Waals surface area contributed by atoms with Gasteiger partial charge in [-0.3, -0.25) is 0 Å². The van der Waals surface area contributed by atoms with Gasteiger partial charge in [0.1, 0.15) is 22.3 Å². The molecule has 0 bridgehead atoms. The van der Waals surface area contributed by atoms with E-state index < -0.39 is 0 Å². The average Bonchev–Trinajstić information content (AvgIpc) is 0.867. The van der Waals surface area contributed by atoms with E-state index in [9.17, 15) is 0 Å². The number of hydrogen-bond donors (Lipinski definition) is 0. The van der Waals surface area contributed by atoms with E-state index in [4.69, 9.17) is 8.83 Å². The molecule has 6 heteroatoms. The number of nitrogens with zero attached hydrogens (tertiary/aromatic N) is 2. The Balaban J connectivity index is 0.713. The van der Waals surface area contributed by atoms with Crippen molar-refractivity contribution in [2.75, 3.05) is 9.80 Å². The van der Waals surface area contributed by atoms with Gasteiger partial charge in [0.15, 0.2) is 0 Å². The lowest BCUT2D eigenvalue weighted by Crippen LogP contribution is -2.13. The molecule has 0 saturated heterocycles. The van der Waals surface area contributed by atoms with Crippen molar-refractivity contribution in [1.82, 2.24) is 0 Å². The Morgan fingerprint density at radius 1 is 0.208 bits per heavy atom. The van der Waals surface area contributed by atoms with Crippen LogP contribution in [-0.2, 0) is 0 Å². The molecule has 494 valence electrons. The van der Waals surface area contributed by atoms with Gasteiger partial charge in [-0.15, -0.1) is 22.7 Å². The highest BCUT2D eigenvalue weighted by Gasteiger charge is 2.30. The Hall–Kier alpha value is -13.4. The number of rotatable bonds is 11. The van der Waals surface area contributed by atoms with Crippen LogP contribution in [0.1, 0.15) is 0 Å². The first kappa shape index (κ1) is 60.2. The molecule has 22 rings (SSSR count). The zero-order chi connectivity index (χ0) is 69.5. The summed E-state index contributed by atoms with van der Waals surface area (Å²) in [4.78, 5) is 5.04. The van der Waals surface area contributed by atoms with E-state index in [2.05, 4.69) is 374 Å². The molecule has 0 aliphatic carbocycles. The first-order valence-corrected chi connectivity index (χ1v) is 37.7. The van der Waals surface area contributed by atoms with Crippen molar-refractivity contribution in [1.29, 1.82) is 0 Å². The first-order chi connectivity index (χ1) is 52.6. The van der Waals surface area contributed by atoms with Crippen molar-refractivity contribution >= 4 is 184 Å². The molecule has 22 aromatic rings. The third-order valence-corrected chi connectivity index (χ3v) is 24.2. The second-order valence-corrected chi connectivity index (χ2v) is 29.7. The van der Waals surface area contributed by atoms with E-state index in [0.29, 0.717) is 0 Å². The van der Waals surface area contributed by atoms with Crippen LogP contribution in [0.3, 0.4) is 0 Å². The summed E-state index contributed by atoms with van der Waals surface area (Å²) in [5.41, 5.74) is 21.4. The molecule has 0 aliphatic rings. The van der Waals surface area contributed by atoms with Crippen LogP contribution in [0.25, 0.3) is 183 Å². The topological polar surface area (TPSA) is 32.8 Å². The van der Waals surface area contributed by atoms with Crippen molar-refractivity contribution in [2.24, 2.45) is 0 Å². The van der Waals surface area contributed by atoms with Crippen LogP contribution in [-0.4, -0.2) is 0 Å². The van der Waals surface area contributed by atoms with Crippen molar-refractivity contribution in [3.8, 4) is 55.6 Å². The number of thiophene rings is 2. The monoisotopic (exact) mass is 1380 g/mol. The third kappa shape index (κ3) is 9.38. The van der Waals surface area contributed by atoms with Crippen LogP contribution in [0.15, 0.2) is 373 Å². The zero-order valence-electron chi connectivity index (χ0n) is 57.2. The largest absolute Gasteiger partial charge is 0.456 e. The predicted octanol–water partition coefficient (Wildman–Crippen LogP) is 30.1. The molecule has 0 unspecified atom stereocenters. The van der Waals surface area contributed by atoms with E-state index in [1.54, 1.807) is 0 Å². The number of anilines is 6. The minimum absolute atomic E-state index is 0.838. The van der Waals surface area contributed by atoms with Gasteiger partial charge in [0.05, 0.1) is 33.5 Å². The molecule has 18 aromatic carbocycles. The zero-order valence-corrected chi connectivity index (χ0v) is 58.8. The van der Waals surface area contributed by atoms with Crippen LogP contribution in [0.2, 0.25) is 0 Å². The molecular weight excluding hydrogens is 1330 g/mol. The summed E-state index contributed by atoms with van der Waals surface area (Å²) in [6.07, 6.45) is 0. The Bertz CT molecular complexity index is 7350. The maximum Gasteiger partial charge on any atom is 0.137 e. The normalized spacial score (nSPS) is 12.0. The van der Waals surface area contributed by atoms with Crippen molar-refractivity contribution in [2.45, 2.75) is 0 Å². The van der Waals surface area contributed by atoms with Crippen LogP contribution < -0.4 is 9.80 Å². The first-order valence-electron chi connectivity index (χ1n) is 36.1. The number of benzene rings is 18. The standard InChI is InChI=1S/C100H60N2O2S2/c1-3-24-62(25-4-1)93-76-34-10-7-30-71(76)72-31-8-11-35-77(72)97(93)101(85-43-22-47-89-95(85)81-37-13-16-45-87(81)103-89)67-54-50-61(51-55-67)69-39-20-42-80-83-59-65(53-57-92(83)106-99(69)80)64-52-56-74-73-32-9-12-36-78(73)98(94(84(74)60-64)63-26-5-2-6-27-63)102(86-44-23-48-90-96(86)82-38-14-17-46-88(82)104-90)68-29-19-28-66(58-68)70-40-21-41-79-75-33-15-18-49-91(75)105-100(70)79/h1-60H. The SMILES string of the molecule is c1ccc(-c2c(N(c3ccc(-c4cccc5c4sc4ccc(-c6ccc7c(c6)c(-c6ccccc6)c(N(c6cccc(-c8cccc9c8sc8ccccc89)c6)c6cccc8oc9ccccc9c68)c6ccccc67)cc45)cc3)c3cccc4oc5ccccc5c34)c3ccccc3c3ccccc23)cc1. The summed E-state index contributed by atoms with van der Waals surface area (Å²) < 4.78 is 18.5. The fraction of sp³-hybridized carbons (Fsp3) is 0. The minimum atomic E-state index is 0.838. The van der Waals surface area contributed by atoms with Crippen LogP contribution >= 0.6 is 22.7 Å².